The molecule has 3 rings (SSSR count). The molecule has 5 nitrogen and oxygen atoms in total. The first-order chi connectivity index (χ1) is 10.5. The number of rotatable bonds is 3. The maximum absolute atomic E-state index is 4.68. The van der Waals surface area contributed by atoms with Gasteiger partial charge in [-0.3, -0.25) is 0 Å². The van der Waals surface area contributed by atoms with E-state index in [4.69, 9.17) is 0 Å². The van der Waals surface area contributed by atoms with Gasteiger partial charge in [0.25, 0.3) is 0 Å². The van der Waals surface area contributed by atoms with Crippen LogP contribution in [0.3, 0.4) is 0 Å². The van der Waals surface area contributed by atoms with Gasteiger partial charge in [-0.05, 0) is 0 Å². The van der Waals surface area contributed by atoms with Crippen LogP contribution in [0.1, 0.15) is 11.4 Å². The number of aromatic nitrogens is 5. The Bertz CT molecular complexity index is 792. The third kappa shape index (κ3) is 2.77. The molecule has 22 heavy (non-hydrogen) atoms. The summed E-state index contributed by atoms with van der Waals surface area (Å²) in [6.07, 6.45) is 11.7. The summed E-state index contributed by atoms with van der Waals surface area (Å²) < 4.78 is 4.54. The molecular formula is C16H19N5Sn. The van der Waals surface area contributed by atoms with Crippen molar-refractivity contribution in [1.29, 1.82) is 0 Å². The minimum absolute atomic E-state index is 0.809. The van der Waals surface area contributed by atoms with Gasteiger partial charge in [0.2, 0.25) is 0 Å². The average Bonchev–Trinajstić information content (AvgIpc) is 2.98. The third-order valence-electron chi connectivity index (χ3n) is 3.99. The fraction of sp³-hybridized carbons (Fsp3) is 0.250. The van der Waals surface area contributed by atoms with Crippen LogP contribution in [0.4, 0.5) is 0 Å². The van der Waals surface area contributed by atoms with E-state index in [1.54, 1.807) is 0 Å². The first kappa shape index (κ1) is 15.1. The summed E-state index contributed by atoms with van der Waals surface area (Å²) in [5, 5.41) is 0. The average molecular weight is 400 g/mol. The molecule has 0 saturated carbocycles. The van der Waals surface area contributed by atoms with E-state index in [0.29, 0.717) is 0 Å². The van der Waals surface area contributed by atoms with Crippen LogP contribution in [-0.4, -0.2) is 42.9 Å². The van der Waals surface area contributed by atoms with Crippen molar-refractivity contribution >= 4 is 25.7 Å². The van der Waals surface area contributed by atoms with Gasteiger partial charge in [0.05, 0.1) is 0 Å². The van der Waals surface area contributed by atoms with Crippen LogP contribution >= 0.6 is 0 Å². The van der Waals surface area contributed by atoms with Crippen LogP contribution in [0.25, 0.3) is 5.69 Å². The molecular weight excluding hydrogens is 381 g/mol. The Hall–Kier alpha value is -1.76. The van der Waals surface area contributed by atoms with Crippen LogP contribution < -0.4 is 7.29 Å². The molecule has 0 aliphatic rings. The summed E-state index contributed by atoms with van der Waals surface area (Å²) in [5.74, 6) is 0.809. The molecule has 3 heterocycles. The summed E-state index contributed by atoms with van der Waals surface area (Å²) in [5.41, 5.74) is 2.26. The molecule has 0 aromatic carbocycles. The molecule has 0 N–H and O–H groups in total. The van der Waals surface area contributed by atoms with E-state index >= 15 is 0 Å². The maximum atomic E-state index is 4.68. The molecule has 6 heteroatoms. The van der Waals surface area contributed by atoms with Crippen molar-refractivity contribution in [3.63, 3.8) is 0 Å². The van der Waals surface area contributed by atoms with Crippen molar-refractivity contribution in [1.82, 2.24) is 24.5 Å². The van der Waals surface area contributed by atoms with Gasteiger partial charge < -0.3 is 0 Å². The van der Waals surface area contributed by atoms with Gasteiger partial charge in [-0.1, -0.05) is 0 Å². The first-order valence-corrected chi connectivity index (χ1v) is 15.8. The Morgan fingerprint density at radius 3 is 2.41 bits per heavy atom. The summed E-state index contributed by atoms with van der Waals surface area (Å²) in [4.78, 5) is 22.2. The third-order valence-corrected chi connectivity index (χ3v) is 13.2. The van der Waals surface area contributed by atoms with Crippen molar-refractivity contribution in [2.24, 2.45) is 0 Å². The predicted molar refractivity (Wildman–Crippen MR) is 89.6 cm³/mol. The van der Waals surface area contributed by atoms with E-state index < -0.39 is 18.4 Å². The summed E-state index contributed by atoms with van der Waals surface area (Å²) in [6.45, 7) is 3.97. The molecule has 0 saturated heterocycles. The molecule has 0 amide bonds. The zero-order chi connectivity index (χ0) is 15.7. The number of hydrogen-bond donors (Lipinski definition) is 0. The molecule has 3 aromatic heterocycles. The van der Waals surface area contributed by atoms with E-state index in [9.17, 15) is 0 Å². The molecule has 0 spiro atoms. The molecule has 0 atom stereocenters. The van der Waals surface area contributed by atoms with Gasteiger partial charge in [-0.25, -0.2) is 0 Å². The second-order valence-electron chi connectivity index (χ2n) is 5.97. The predicted octanol–water partition coefficient (Wildman–Crippen LogP) is 1.50. The zero-order valence-corrected chi connectivity index (χ0v) is 16.1. The molecule has 0 bridgehead atoms. The Balaban J connectivity index is 1.99. The normalized spacial score (nSPS) is 11.6. The quantitative estimate of drug-likeness (QED) is 0.626. The van der Waals surface area contributed by atoms with Gasteiger partial charge in [-0.2, -0.15) is 0 Å². The Morgan fingerprint density at radius 2 is 1.73 bits per heavy atom. The minimum atomic E-state index is -2.72. The number of nitrogens with zero attached hydrogens (tertiary/aromatic N) is 5. The van der Waals surface area contributed by atoms with E-state index in [1.807, 2.05) is 44.1 Å². The second kappa shape index (κ2) is 5.79. The Morgan fingerprint density at radius 1 is 1.00 bits per heavy atom. The van der Waals surface area contributed by atoms with Gasteiger partial charge >= 0.3 is 134 Å². The van der Waals surface area contributed by atoms with Crippen LogP contribution in [0.2, 0.25) is 9.88 Å². The summed E-state index contributed by atoms with van der Waals surface area (Å²) in [6, 6.07) is 2.01. The monoisotopic (exact) mass is 401 g/mol. The van der Waals surface area contributed by atoms with E-state index in [1.165, 1.54) is 7.29 Å². The van der Waals surface area contributed by atoms with E-state index in [2.05, 4.69) is 47.5 Å². The fourth-order valence-corrected chi connectivity index (χ4v) is 7.86. The zero-order valence-electron chi connectivity index (χ0n) is 13.3. The van der Waals surface area contributed by atoms with Crippen molar-refractivity contribution < 1.29 is 0 Å². The van der Waals surface area contributed by atoms with Crippen molar-refractivity contribution in [3.05, 3.63) is 54.8 Å². The van der Waals surface area contributed by atoms with Crippen molar-refractivity contribution in [2.45, 2.75) is 23.7 Å². The standard InChI is InChI=1S/C9H8N3.C5H5N2.2CH3.Sn/c1-8-6-10-3-2-9(8)12-5-4-11-7-12;1-5-6-3-2-4-7-5;;;/h2-3,5-7H,1H3;3-4H,1H3;2*1H3;. The SMILES string of the molecule is Cc1nc[c]([Sn]([CH3])([CH3])[c]2cn(-c3ccncc3C)cn2)cn1. The number of imidazole rings is 1. The fourth-order valence-electron chi connectivity index (χ4n) is 2.40. The van der Waals surface area contributed by atoms with Gasteiger partial charge in [-0.15, -0.1) is 0 Å². The molecule has 0 fully saturated rings. The second-order valence-corrected chi connectivity index (χ2v) is 18.4. The van der Waals surface area contributed by atoms with Crippen LogP contribution in [0.15, 0.2) is 43.4 Å². The molecule has 3 aromatic rings. The molecule has 0 unspecified atom stereocenters. The molecule has 0 aliphatic heterocycles. The Labute approximate surface area is 134 Å². The van der Waals surface area contributed by atoms with E-state index in [-0.39, 0.29) is 0 Å². The van der Waals surface area contributed by atoms with Crippen molar-refractivity contribution in [2.75, 3.05) is 0 Å². The summed E-state index contributed by atoms with van der Waals surface area (Å²) in [7, 11) is 0. The van der Waals surface area contributed by atoms with Crippen molar-refractivity contribution in [3.8, 4) is 5.69 Å². The number of pyridine rings is 1. The van der Waals surface area contributed by atoms with Gasteiger partial charge in [0.1, 0.15) is 0 Å². The summed E-state index contributed by atoms with van der Waals surface area (Å²) >= 11 is -2.72. The van der Waals surface area contributed by atoms with Crippen LogP contribution in [0.5, 0.6) is 0 Å². The van der Waals surface area contributed by atoms with Crippen LogP contribution in [0, 0.1) is 13.8 Å². The number of aryl methyl sites for hydroxylation is 2. The topological polar surface area (TPSA) is 56.5 Å². The molecule has 0 aliphatic carbocycles. The first-order valence-electron chi connectivity index (χ1n) is 7.23. The van der Waals surface area contributed by atoms with E-state index in [0.717, 1.165) is 17.1 Å². The molecule has 0 radical (unpaired) electrons. The number of hydrogen-bond acceptors (Lipinski definition) is 4. The van der Waals surface area contributed by atoms with Crippen LogP contribution in [-0.2, 0) is 0 Å². The van der Waals surface area contributed by atoms with Gasteiger partial charge in [0.15, 0.2) is 0 Å². The van der Waals surface area contributed by atoms with Gasteiger partial charge in [0, 0.05) is 0 Å². The molecule has 112 valence electrons. The Kier molecular flexibility index (Phi) is 3.99.